The van der Waals surface area contributed by atoms with Crippen molar-refractivity contribution in [2.75, 3.05) is 27.3 Å². The van der Waals surface area contributed by atoms with Crippen molar-refractivity contribution < 1.29 is 19.2 Å². The van der Waals surface area contributed by atoms with E-state index in [1.54, 1.807) is 14.2 Å². The number of urea groups is 1. The summed E-state index contributed by atoms with van der Waals surface area (Å²) in [6.07, 6.45) is 1.87. The minimum atomic E-state index is -0.114. The summed E-state index contributed by atoms with van der Waals surface area (Å²) in [6, 6.07) is 12.8. The average Bonchev–Trinajstić information content (AvgIpc) is 2.76. The molecule has 6 nitrogen and oxygen atoms in total. The number of ether oxygens (including phenoxy) is 2. The van der Waals surface area contributed by atoms with Gasteiger partial charge >= 0.3 is 6.03 Å². The highest BCUT2D eigenvalue weighted by atomic mass is 16.5. The van der Waals surface area contributed by atoms with Gasteiger partial charge in [-0.2, -0.15) is 0 Å². The zero-order valence-corrected chi connectivity index (χ0v) is 19.4. The molecule has 3 atom stereocenters. The van der Waals surface area contributed by atoms with Crippen molar-refractivity contribution in [3.05, 3.63) is 58.7 Å². The normalized spacial score (nSPS) is 18.6. The molecule has 0 saturated carbocycles. The van der Waals surface area contributed by atoms with Gasteiger partial charge in [0.05, 0.1) is 26.8 Å². The first-order valence-electron chi connectivity index (χ1n) is 11.2. The minimum Gasteiger partial charge on any atom is -0.493 e. The maximum absolute atomic E-state index is 12.4. The van der Waals surface area contributed by atoms with Crippen molar-refractivity contribution in [1.82, 2.24) is 10.6 Å². The maximum atomic E-state index is 12.4. The molecule has 2 aromatic carbocycles. The largest absolute Gasteiger partial charge is 0.493 e. The lowest BCUT2D eigenvalue weighted by molar-refractivity contribution is -0.948. The summed E-state index contributed by atoms with van der Waals surface area (Å²) < 4.78 is 11.1. The molecule has 1 aliphatic rings. The lowest BCUT2D eigenvalue weighted by Gasteiger charge is -2.38. The Kier molecular flexibility index (Phi) is 7.80. The highest BCUT2D eigenvalue weighted by molar-refractivity contribution is 5.74. The third-order valence-electron chi connectivity index (χ3n) is 6.04. The van der Waals surface area contributed by atoms with Gasteiger partial charge in [-0.3, -0.25) is 0 Å². The van der Waals surface area contributed by atoms with Gasteiger partial charge in [-0.05, 0) is 38.0 Å². The fourth-order valence-corrected chi connectivity index (χ4v) is 4.60. The molecule has 2 amide bonds. The molecule has 0 spiro atoms. The molecule has 0 bridgehead atoms. The van der Waals surface area contributed by atoms with Crippen LogP contribution in [0, 0.1) is 6.92 Å². The molecule has 168 valence electrons. The van der Waals surface area contributed by atoms with Crippen molar-refractivity contribution in [2.45, 2.75) is 52.2 Å². The van der Waals surface area contributed by atoms with Gasteiger partial charge in [0.15, 0.2) is 11.5 Å². The molecule has 0 aliphatic carbocycles. The number of hydrogen-bond donors (Lipinski definition) is 3. The van der Waals surface area contributed by atoms with Gasteiger partial charge in [0.2, 0.25) is 0 Å². The highest BCUT2D eigenvalue weighted by Crippen LogP contribution is 2.35. The van der Waals surface area contributed by atoms with Crippen LogP contribution >= 0.6 is 0 Å². The SMILES string of the molecule is CCCNC(=O)N[C@H](C)[C@H]1c2cc(OC)c(OC)cc2CC[NH+]1Cc1cccc(C)c1. The molecule has 3 rings (SSSR count). The van der Waals surface area contributed by atoms with Crippen LogP contribution in [-0.2, 0) is 13.0 Å². The van der Waals surface area contributed by atoms with Crippen molar-refractivity contribution in [2.24, 2.45) is 0 Å². The maximum Gasteiger partial charge on any atom is 0.315 e. The van der Waals surface area contributed by atoms with Crippen LogP contribution in [0.15, 0.2) is 36.4 Å². The number of methoxy groups -OCH3 is 2. The topological polar surface area (TPSA) is 64.0 Å². The Morgan fingerprint density at radius 3 is 2.61 bits per heavy atom. The smallest absolute Gasteiger partial charge is 0.315 e. The van der Waals surface area contributed by atoms with Gasteiger partial charge in [-0.15, -0.1) is 0 Å². The van der Waals surface area contributed by atoms with E-state index in [1.807, 2.05) is 0 Å². The number of quaternary nitrogens is 1. The molecule has 0 radical (unpaired) electrons. The molecule has 31 heavy (non-hydrogen) atoms. The standard InChI is InChI=1S/C25H35N3O3/c1-6-11-26-25(29)27-18(3)24-21-15-23(31-5)22(30-4)14-20(21)10-12-28(24)16-19-9-7-8-17(2)13-19/h7-9,13-15,18,24H,6,10-12,16H2,1-5H3,(H2,26,27,29)/p+1/t18-,24+/m1/s1. The van der Waals surface area contributed by atoms with Crippen LogP contribution in [0.25, 0.3) is 0 Å². The first-order chi connectivity index (χ1) is 15.0. The second-order valence-electron chi connectivity index (χ2n) is 8.40. The quantitative estimate of drug-likeness (QED) is 0.608. The summed E-state index contributed by atoms with van der Waals surface area (Å²) in [6.45, 7) is 8.84. The van der Waals surface area contributed by atoms with E-state index < -0.39 is 0 Å². The monoisotopic (exact) mass is 426 g/mol. The molecule has 0 fully saturated rings. The van der Waals surface area contributed by atoms with Gasteiger partial charge in [-0.1, -0.05) is 36.8 Å². The van der Waals surface area contributed by atoms with E-state index >= 15 is 0 Å². The molecule has 0 saturated heterocycles. The van der Waals surface area contributed by atoms with Crippen molar-refractivity contribution >= 4 is 6.03 Å². The second-order valence-corrected chi connectivity index (χ2v) is 8.40. The van der Waals surface area contributed by atoms with Crippen molar-refractivity contribution in [3.8, 4) is 11.5 Å². The van der Waals surface area contributed by atoms with E-state index in [4.69, 9.17) is 9.47 Å². The first kappa shape index (κ1) is 22.9. The van der Waals surface area contributed by atoms with Crippen LogP contribution in [0.3, 0.4) is 0 Å². The summed E-state index contributed by atoms with van der Waals surface area (Å²) in [5.41, 5.74) is 5.06. The van der Waals surface area contributed by atoms with Crippen LogP contribution in [0.2, 0.25) is 0 Å². The number of hydrogen-bond acceptors (Lipinski definition) is 3. The summed E-state index contributed by atoms with van der Waals surface area (Å²) in [5, 5.41) is 6.11. The third kappa shape index (κ3) is 5.50. The van der Waals surface area contributed by atoms with Crippen LogP contribution in [0.4, 0.5) is 4.79 Å². The molecule has 6 heteroatoms. The Morgan fingerprint density at radius 2 is 1.94 bits per heavy atom. The van der Waals surface area contributed by atoms with Crippen LogP contribution in [0.1, 0.15) is 48.6 Å². The van der Waals surface area contributed by atoms with Crippen molar-refractivity contribution in [1.29, 1.82) is 0 Å². The Balaban J connectivity index is 1.94. The predicted molar refractivity (Wildman–Crippen MR) is 123 cm³/mol. The Hall–Kier alpha value is -2.73. The summed E-state index contributed by atoms with van der Waals surface area (Å²) in [7, 11) is 3.33. The van der Waals surface area contributed by atoms with Crippen molar-refractivity contribution in [3.63, 3.8) is 0 Å². The predicted octanol–water partition coefficient (Wildman–Crippen LogP) is 2.79. The average molecular weight is 427 g/mol. The summed E-state index contributed by atoms with van der Waals surface area (Å²) in [5.74, 6) is 1.48. The highest BCUT2D eigenvalue weighted by Gasteiger charge is 2.37. The molecular formula is C25H36N3O3+. The van der Waals surface area contributed by atoms with E-state index in [1.165, 1.54) is 27.2 Å². The van der Waals surface area contributed by atoms with Gasteiger partial charge in [0.1, 0.15) is 12.6 Å². The molecule has 2 aromatic rings. The Bertz CT molecular complexity index is 900. The number of fused-ring (bicyclic) bond motifs is 1. The van der Waals surface area contributed by atoms with E-state index in [0.29, 0.717) is 6.54 Å². The number of rotatable bonds is 8. The van der Waals surface area contributed by atoms with E-state index in [2.05, 4.69) is 67.8 Å². The number of nitrogens with one attached hydrogen (secondary N) is 3. The van der Waals surface area contributed by atoms with Gasteiger partial charge in [0.25, 0.3) is 0 Å². The number of carbonyl (C=O) groups excluding carboxylic acids is 1. The van der Waals surface area contributed by atoms with Crippen LogP contribution < -0.4 is 25.0 Å². The molecule has 0 aromatic heterocycles. The zero-order chi connectivity index (χ0) is 22.4. The zero-order valence-electron chi connectivity index (χ0n) is 19.4. The molecular weight excluding hydrogens is 390 g/mol. The number of benzene rings is 2. The lowest BCUT2D eigenvalue weighted by atomic mass is 9.87. The third-order valence-corrected chi connectivity index (χ3v) is 6.04. The second kappa shape index (κ2) is 10.5. The fraction of sp³-hybridized carbons (Fsp3) is 0.480. The summed E-state index contributed by atoms with van der Waals surface area (Å²) >= 11 is 0. The number of amides is 2. The van der Waals surface area contributed by atoms with Gasteiger partial charge < -0.3 is 25.0 Å². The number of aryl methyl sites for hydroxylation is 1. The van der Waals surface area contributed by atoms with Crippen LogP contribution in [-0.4, -0.2) is 39.4 Å². The molecule has 1 unspecified atom stereocenters. The Morgan fingerprint density at radius 1 is 1.19 bits per heavy atom. The fourth-order valence-electron chi connectivity index (χ4n) is 4.60. The van der Waals surface area contributed by atoms with Gasteiger partial charge in [0, 0.05) is 24.1 Å². The lowest BCUT2D eigenvalue weighted by Crippen LogP contribution is -3.13. The van der Waals surface area contributed by atoms with E-state index in [-0.39, 0.29) is 18.1 Å². The number of carbonyl (C=O) groups is 1. The molecule has 3 N–H and O–H groups in total. The van der Waals surface area contributed by atoms with Crippen LogP contribution in [0.5, 0.6) is 11.5 Å². The molecule has 1 aliphatic heterocycles. The minimum absolute atomic E-state index is 0.0474. The van der Waals surface area contributed by atoms with E-state index in [9.17, 15) is 4.79 Å². The Labute approximate surface area is 185 Å². The van der Waals surface area contributed by atoms with Gasteiger partial charge in [-0.25, -0.2) is 4.79 Å². The molecule has 1 heterocycles. The summed E-state index contributed by atoms with van der Waals surface area (Å²) in [4.78, 5) is 13.9. The first-order valence-corrected chi connectivity index (χ1v) is 11.2. The van der Waals surface area contributed by atoms with E-state index in [0.717, 1.165) is 37.4 Å².